The normalized spacial score (nSPS) is 16.4. The first-order valence-electron chi connectivity index (χ1n) is 4.04. The smallest absolute Gasteiger partial charge is 0.0499 e. The zero-order valence-corrected chi connectivity index (χ0v) is 8.28. The van der Waals surface area contributed by atoms with Crippen LogP contribution >= 0.6 is 11.8 Å². The number of rotatable bonds is 6. The van der Waals surface area contributed by atoms with Crippen molar-refractivity contribution in [3.8, 4) is 0 Å². The summed E-state index contributed by atoms with van der Waals surface area (Å²) in [5, 5.41) is 9.11. The minimum Gasteiger partial charge on any atom is -0.396 e. The zero-order chi connectivity index (χ0) is 8.74. The molecule has 3 N–H and O–H groups in total. The average molecular weight is 177 g/mol. The summed E-state index contributed by atoms with van der Waals surface area (Å²) in [5.41, 5.74) is 5.59. The van der Waals surface area contributed by atoms with Crippen LogP contribution in [0.4, 0.5) is 0 Å². The van der Waals surface area contributed by atoms with E-state index in [1.165, 1.54) is 0 Å². The second kappa shape index (κ2) is 5.86. The van der Waals surface area contributed by atoms with Crippen molar-refractivity contribution in [2.24, 2.45) is 11.1 Å². The SMILES string of the molecule is CCC(CN)(CO)CCSC. The summed E-state index contributed by atoms with van der Waals surface area (Å²) in [6.07, 6.45) is 4.08. The minimum absolute atomic E-state index is 0.0109. The molecule has 0 aromatic heterocycles. The first-order valence-corrected chi connectivity index (χ1v) is 5.44. The third kappa shape index (κ3) is 3.45. The van der Waals surface area contributed by atoms with Gasteiger partial charge in [-0.05, 0) is 24.9 Å². The molecule has 0 aliphatic rings. The second-order valence-corrected chi connectivity index (χ2v) is 3.94. The van der Waals surface area contributed by atoms with Gasteiger partial charge in [-0.2, -0.15) is 11.8 Å². The maximum absolute atomic E-state index is 9.11. The Labute approximate surface area is 73.6 Å². The molecule has 1 atom stereocenters. The lowest BCUT2D eigenvalue weighted by atomic mass is 9.83. The lowest BCUT2D eigenvalue weighted by Crippen LogP contribution is -2.34. The van der Waals surface area contributed by atoms with Crippen LogP contribution in [0.5, 0.6) is 0 Å². The third-order valence-electron chi connectivity index (χ3n) is 2.35. The van der Waals surface area contributed by atoms with E-state index in [2.05, 4.69) is 13.2 Å². The van der Waals surface area contributed by atoms with Crippen molar-refractivity contribution in [1.82, 2.24) is 0 Å². The zero-order valence-electron chi connectivity index (χ0n) is 7.47. The summed E-state index contributed by atoms with van der Waals surface area (Å²) in [6.45, 7) is 2.91. The summed E-state index contributed by atoms with van der Waals surface area (Å²) >= 11 is 1.81. The van der Waals surface area contributed by atoms with Gasteiger partial charge in [-0.15, -0.1) is 0 Å². The molecule has 0 aromatic carbocycles. The van der Waals surface area contributed by atoms with Gasteiger partial charge >= 0.3 is 0 Å². The summed E-state index contributed by atoms with van der Waals surface area (Å²) in [7, 11) is 0. The van der Waals surface area contributed by atoms with E-state index >= 15 is 0 Å². The van der Waals surface area contributed by atoms with Crippen LogP contribution in [0.15, 0.2) is 0 Å². The number of hydrogen-bond acceptors (Lipinski definition) is 3. The van der Waals surface area contributed by atoms with Crippen molar-refractivity contribution in [3.05, 3.63) is 0 Å². The standard InChI is InChI=1S/C8H19NOS/c1-3-8(6-9,7-10)4-5-11-2/h10H,3-7,9H2,1-2H3. The number of hydrogen-bond donors (Lipinski definition) is 2. The van der Waals surface area contributed by atoms with Gasteiger partial charge in [-0.25, -0.2) is 0 Å². The van der Waals surface area contributed by atoms with Crippen LogP contribution in [0.3, 0.4) is 0 Å². The fourth-order valence-electron chi connectivity index (χ4n) is 0.997. The van der Waals surface area contributed by atoms with Gasteiger partial charge in [0.1, 0.15) is 0 Å². The van der Waals surface area contributed by atoms with Crippen LogP contribution in [0.2, 0.25) is 0 Å². The van der Waals surface area contributed by atoms with Crippen LogP contribution in [0.25, 0.3) is 0 Å². The summed E-state index contributed by atoms with van der Waals surface area (Å²) < 4.78 is 0. The molecule has 0 aliphatic carbocycles. The van der Waals surface area contributed by atoms with E-state index < -0.39 is 0 Å². The fraction of sp³-hybridized carbons (Fsp3) is 1.00. The highest BCUT2D eigenvalue weighted by molar-refractivity contribution is 7.98. The summed E-state index contributed by atoms with van der Waals surface area (Å²) in [6, 6.07) is 0. The predicted octanol–water partition coefficient (Wildman–Crippen LogP) is 1.09. The molecular weight excluding hydrogens is 158 g/mol. The first-order chi connectivity index (χ1) is 5.24. The van der Waals surface area contributed by atoms with Gasteiger partial charge in [0.05, 0.1) is 0 Å². The van der Waals surface area contributed by atoms with E-state index in [9.17, 15) is 0 Å². The van der Waals surface area contributed by atoms with E-state index in [4.69, 9.17) is 10.8 Å². The number of aliphatic hydroxyl groups excluding tert-OH is 1. The summed E-state index contributed by atoms with van der Waals surface area (Å²) in [5.74, 6) is 1.09. The highest BCUT2D eigenvalue weighted by Gasteiger charge is 2.24. The first kappa shape index (κ1) is 11.3. The molecule has 0 aliphatic heterocycles. The number of nitrogens with two attached hydrogens (primary N) is 1. The Balaban J connectivity index is 3.84. The maximum Gasteiger partial charge on any atom is 0.0499 e. The number of thioether (sulfide) groups is 1. The van der Waals surface area contributed by atoms with Crippen LogP contribution in [0, 0.1) is 5.41 Å². The van der Waals surface area contributed by atoms with E-state index in [1.54, 1.807) is 0 Å². The molecule has 0 heterocycles. The molecule has 0 saturated heterocycles. The molecule has 0 aromatic rings. The van der Waals surface area contributed by atoms with Crippen LogP contribution in [-0.4, -0.2) is 30.3 Å². The Bertz CT molecular complexity index is 85.8. The molecule has 0 radical (unpaired) electrons. The van der Waals surface area contributed by atoms with Gasteiger partial charge in [0.25, 0.3) is 0 Å². The largest absolute Gasteiger partial charge is 0.396 e. The highest BCUT2D eigenvalue weighted by atomic mass is 32.2. The Hall–Kier alpha value is 0.270. The quantitative estimate of drug-likeness (QED) is 0.638. The van der Waals surface area contributed by atoms with Crippen molar-refractivity contribution in [1.29, 1.82) is 0 Å². The highest BCUT2D eigenvalue weighted by Crippen LogP contribution is 2.25. The van der Waals surface area contributed by atoms with Crippen molar-refractivity contribution in [2.75, 3.05) is 25.2 Å². The molecule has 0 bridgehead atoms. The van der Waals surface area contributed by atoms with Gasteiger partial charge in [-0.3, -0.25) is 0 Å². The molecule has 1 unspecified atom stereocenters. The predicted molar refractivity (Wildman–Crippen MR) is 51.9 cm³/mol. The van der Waals surface area contributed by atoms with Gasteiger partial charge in [0.2, 0.25) is 0 Å². The van der Waals surface area contributed by atoms with Gasteiger partial charge in [0, 0.05) is 18.6 Å². The van der Waals surface area contributed by atoms with Crippen molar-refractivity contribution < 1.29 is 5.11 Å². The Morgan fingerprint density at radius 1 is 1.55 bits per heavy atom. The topological polar surface area (TPSA) is 46.2 Å². The van der Waals surface area contributed by atoms with Crippen molar-refractivity contribution in [2.45, 2.75) is 19.8 Å². The van der Waals surface area contributed by atoms with Crippen molar-refractivity contribution in [3.63, 3.8) is 0 Å². The number of aliphatic hydroxyl groups is 1. The van der Waals surface area contributed by atoms with Crippen LogP contribution in [0.1, 0.15) is 19.8 Å². The Morgan fingerprint density at radius 2 is 2.18 bits per heavy atom. The molecule has 0 saturated carbocycles. The minimum atomic E-state index is -0.0109. The van der Waals surface area contributed by atoms with Gasteiger partial charge < -0.3 is 10.8 Å². The van der Waals surface area contributed by atoms with E-state index in [1.807, 2.05) is 11.8 Å². The molecule has 68 valence electrons. The summed E-state index contributed by atoms with van der Waals surface area (Å²) in [4.78, 5) is 0. The monoisotopic (exact) mass is 177 g/mol. The van der Waals surface area contributed by atoms with Crippen LogP contribution < -0.4 is 5.73 Å². The lowest BCUT2D eigenvalue weighted by Gasteiger charge is -2.28. The molecule has 11 heavy (non-hydrogen) atoms. The Morgan fingerprint density at radius 3 is 2.45 bits per heavy atom. The van der Waals surface area contributed by atoms with Gasteiger partial charge in [-0.1, -0.05) is 6.92 Å². The molecule has 2 nitrogen and oxygen atoms in total. The lowest BCUT2D eigenvalue weighted by molar-refractivity contribution is 0.124. The van der Waals surface area contributed by atoms with Crippen LogP contribution in [-0.2, 0) is 0 Å². The molecule has 0 fully saturated rings. The second-order valence-electron chi connectivity index (χ2n) is 2.96. The Kier molecular flexibility index (Phi) is 6.01. The van der Waals surface area contributed by atoms with Crippen molar-refractivity contribution >= 4 is 11.8 Å². The van der Waals surface area contributed by atoms with E-state index in [0.717, 1.165) is 18.6 Å². The van der Waals surface area contributed by atoms with Gasteiger partial charge in [0.15, 0.2) is 0 Å². The molecule has 3 heteroatoms. The molecule has 0 rings (SSSR count). The van der Waals surface area contributed by atoms with E-state index in [0.29, 0.717) is 6.54 Å². The third-order valence-corrected chi connectivity index (χ3v) is 2.97. The molecular formula is C8H19NOS. The molecule has 0 amide bonds. The fourth-order valence-corrected chi connectivity index (χ4v) is 1.63. The van der Waals surface area contributed by atoms with E-state index in [-0.39, 0.29) is 12.0 Å². The maximum atomic E-state index is 9.11. The molecule has 0 spiro atoms. The average Bonchev–Trinajstić information content (AvgIpc) is 2.08.